The molecule has 0 N–H and O–H groups in total. The Bertz CT molecular complexity index is 1260. The van der Waals surface area contributed by atoms with Crippen molar-refractivity contribution < 1.29 is 0 Å². The molecule has 1 aromatic heterocycles. The van der Waals surface area contributed by atoms with E-state index < -0.39 is 0 Å². The molecule has 0 saturated carbocycles. The van der Waals surface area contributed by atoms with Gasteiger partial charge in [0.2, 0.25) is 0 Å². The van der Waals surface area contributed by atoms with Crippen molar-refractivity contribution in [1.29, 1.82) is 5.26 Å². The lowest BCUT2D eigenvalue weighted by atomic mass is 9.99. The highest BCUT2D eigenvalue weighted by Gasteiger charge is 2.18. The van der Waals surface area contributed by atoms with Crippen molar-refractivity contribution in [3.63, 3.8) is 0 Å². The Balaban J connectivity index is 2.12. The van der Waals surface area contributed by atoms with Crippen LogP contribution in [-0.2, 0) is 0 Å². The maximum atomic E-state index is 9.48. The van der Waals surface area contributed by atoms with Gasteiger partial charge < -0.3 is 4.57 Å². The van der Waals surface area contributed by atoms with Crippen LogP contribution in [0.4, 0.5) is 0 Å². The highest BCUT2D eigenvalue weighted by Crippen LogP contribution is 2.41. The Morgan fingerprint density at radius 1 is 0.750 bits per heavy atom. The number of halogens is 1. The second kappa shape index (κ2) is 4.83. The average molecular weight is 371 g/mol. The summed E-state index contributed by atoms with van der Waals surface area (Å²) < 4.78 is 3.35. The van der Waals surface area contributed by atoms with Gasteiger partial charge in [-0.1, -0.05) is 46.3 Å². The Kier molecular flexibility index (Phi) is 2.74. The van der Waals surface area contributed by atoms with E-state index in [1.165, 1.54) is 10.8 Å². The minimum absolute atomic E-state index is 0.719. The van der Waals surface area contributed by atoms with Crippen molar-refractivity contribution in [3.05, 3.63) is 76.8 Å². The van der Waals surface area contributed by atoms with Gasteiger partial charge in [-0.05, 0) is 41.8 Å². The Morgan fingerprint density at radius 3 is 2.17 bits per heavy atom. The zero-order valence-corrected chi connectivity index (χ0v) is 14.2. The fourth-order valence-corrected chi connectivity index (χ4v) is 4.14. The van der Waals surface area contributed by atoms with Crippen LogP contribution in [0.5, 0.6) is 0 Å². The second-order valence-electron chi connectivity index (χ2n) is 5.89. The molecular weight excluding hydrogens is 360 g/mol. The number of nitrogens with zero attached hydrogens (tertiary/aromatic N) is 2. The molecule has 2 nitrogen and oxygen atoms in total. The summed E-state index contributed by atoms with van der Waals surface area (Å²) in [5.41, 5.74) is 4.14. The first-order chi connectivity index (χ1) is 11.8. The molecule has 3 heteroatoms. The molecule has 0 amide bonds. The molecule has 112 valence electrons. The quantitative estimate of drug-likeness (QED) is 0.332. The highest BCUT2D eigenvalue weighted by molar-refractivity contribution is 9.10. The lowest BCUT2D eigenvalue weighted by molar-refractivity contribution is 1.18. The van der Waals surface area contributed by atoms with Crippen molar-refractivity contribution in [2.24, 2.45) is 0 Å². The third-order valence-corrected chi connectivity index (χ3v) is 5.37. The maximum Gasteiger partial charge on any atom is 0.0998 e. The van der Waals surface area contributed by atoms with Crippen molar-refractivity contribution >= 4 is 48.5 Å². The topological polar surface area (TPSA) is 28.7 Å². The third kappa shape index (κ3) is 1.64. The Morgan fingerprint density at radius 2 is 1.42 bits per heavy atom. The van der Waals surface area contributed by atoms with Gasteiger partial charge >= 0.3 is 0 Å². The van der Waals surface area contributed by atoms with Gasteiger partial charge in [0.05, 0.1) is 22.7 Å². The van der Waals surface area contributed by atoms with Gasteiger partial charge in [-0.2, -0.15) is 5.26 Å². The smallest absolute Gasteiger partial charge is 0.0998 e. The number of hydrogen-bond acceptors (Lipinski definition) is 1. The minimum Gasteiger partial charge on any atom is -0.309 e. The summed E-state index contributed by atoms with van der Waals surface area (Å²) in [6, 6.07) is 25.1. The van der Waals surface area contributed by atoms with Crippen molar-refractivity contribution in [1.82, 2.24) is 4.57 Å². The first kappa shape index (κ1) is 13.6. The molecule has 0 atom stereocenters. The normalized spacial score (nSPS) is 11.5. The van der Waals surface area contributed by atoms with Gasteiger partial charge in [-0.3, -0.25) is 0 Å². The fourth-order valence-electron chi connectivity index (χ4n) is 3.67. The lowest BCUT2D eigenvalue weighted by Crippen LogP contribution is -1.92. The van der Waals surface area contributed by atoms with Crippen LogP contribution in [0, 0.1) is 11.3 Å². The predicted octanol–water partition coefficient (Wildman–Crippen LogP) is 6.01. The van der Waals surface area contributed by atoms with Crippen molar-refractivity contribution in [2.75, 3.05) is 0 Å². The minimum atomic E-state index is 0.719. The summed E-state index contributed by atoms with van der Waals surface area (Å²) in [7, 11) is 0. The van der Waals surface area contributed by atoms with Crippen molar-refractivity contribution in [3.8, 4) is 11.8 Å². The van der Waals surface area contributed by atoms with E-state index in [0.717, 1.165) is 37.5 Å². The van der Waals surface area contributed by atoms with Gasteiger partial charge in [0.15, 0.2) is 0 Å². The molecule has 0 bridgehead atoms. The highest BCUT2D eigenvalue weighted by atomic mass is 79.9. The van der Waals surface area contributed by atoms with Crippen LogP contribution in [-0.4, -0.2) is 4.57 Å². The summed E-state index contributed by atoms with van der Waals surface area (Å²) in [6.45, 7) is 0. The standard InChI is InChI=1S/C21H11BrN2/c22-17-9-11-19-21-16(17)8-7-15-13(12-23)6-10-18(20(15)21)24(19)14-4-2-1-3-5-14/h1-11H. The molecule has 0 aliphatic heterocycles. The fraction of sp³-hybridized carbons (Fsp3) is 0. The molecule has 5 rings (SSSR count). The van der Waals surface area contributed by atoms with Crippen LogP contribution in [0.3, 0.4) is 0 Å². The van der Waals surface area contributed by atoms with E-state index in [9.17, 15) is 5.26 Å². The summed E-state index contributed by atoms with van der Waals surface area (Å²) in [4.78, 5) is 0. The Hall–Kier alpha value is -2.83. The van der Waals surface area contributed by atoms with Crippen molar-refractivity contribution in [2.45, 2.75) is 0 Å². The number of aromatic nitrogens is 1. The molecule has 0 unspecified atom stereocenters. The SMILES string of the molecule is N#Cc1ccc2c3c1ccc1c(Br)ccc(c13)n2-c1ccccc1. The molecule has 1 heterocycles. The first-order valence-corrected chi connectivity index (χ1v) is 8.52. The van der Waals surface area contributed by atoms with Crippen LogP contribution < -0.4 is 0 Å². The van der Waals surface area contributed by atoms with Gasteiger partial charge in [0, 0.05) is 26.3 Å². The number of benzene rings is 4. The average Bonchev–Trinajstić information content (AvgIpc) is 2.97. The third-order valence-electron chi connectivity index (χ3n) is 4.68. The number of hydrogen-bond donors (Lipinski definition) is 0. The molecule has 4 aromatic carbocycles. The summed E-state index contributed by atoms with van der Waals surface area (Å²) in [5, 5.41) is 14.0. The van der Waals surface area contributed by atoms with E-state index in [2.05, 4.69) is 81.2 Å². The van der Waals surface area contributed by atoms with Gasteiger partial charge in [0.25, 0.3) is 0 Å². The Labute approximate surface area is 147 Å². The molecule has 0 saturated heterocycles. The summed E-state index contributed by atoms with van der Waals surface area (Å²) in [6.07, 6.45) is 0. The largest absolute Gasteiger partial charge is 0.309 e. The van der Waals surface area contributed by atoms with Gasteiger partial charge in [-0.15, -0.1) is 0 Å². The molecule has 0 fully saturated rings. The molecule has 5 aromatic rings. The van der Waals surface area contributed by atoms with E-state index in [1.54, 1.807) is 0 Å². The van der Waals surface area contributed by atoms with E-state index in [4.69, 9.17) is 0 Å². The predicted molar refractivity (Wildman–Crippen MR) is 102 cm³/mol. The monoisotopic (exact) mass is 370 g/mol. The van der Waals surface area contributed by atoms with Gasteiger partial charge in [-0.25, -0.2) is 0 Å². The number of rotatable bonds is 1. The lowest BCUT2D eigenvalue weighted by Gasteiger charge is -2.07. The first-order valence-electron chi connectivity index (χ1n) is 7.73. The van der Waals surface area contributed by atoms with Crippen LogP contribution >= 0.6 is 15.9 Å². The van der Waals surface area contributed by atoms with Crippen LogP contribution in [0.15, 0.2) is 71.2 Å². The second-order valence-corrected chi connectivity index (χ2v) is 6.75. The van der Waals surface area contributed by atoms with E-state index in [1.807, 2.05) is 12.1 Å². The van der Waals surface area contributed by atoms with Crippen LogP contribution in [0.1, 0.15) is 5.56 Å². The van der Waals surface area contributed by atoms with E-state index >= 15 is 0 Å². The molecule has 0 radical (unpaired) electrons. The zero-order valence-electron chi connectivity index (χ0n) is 12.6. The summed E-state index contributed by atoms with van der Waals surface area (Å²) >= 11 is 3.67. The van der Waals surface area contributed by atoms with Crippen LogP contribution in [0.2, 0.25) is 0 Å². The number of para-hydroxylation sites is 1. The van der Waals surface area contributed by atoms with Crippen LogP contribution in [0.25, 0.3) is 38.3 Å². The molecule has 24 heavy (non-hydrogen) atoms. The zero-order chi connectivity index (χ0) is 16.3. The molecule has 0 spiro atoms. The summed E-state index contributed by atoms with van der Waals surface area (Å²) in [5.74, 6) is 0. The van der Waals surface area contributed by atoms with Gasteiger partial charge in [0.1, 0.15) is 0 Å². The van der Waals surface area contributed by atoms with E-state index in [-0.39, 0.29) is 0 Å². The van der Waals surface area contributed by atoms with E-state index in [0.29, 0.717) is 0 Å². The molecule has 0 aliphatic rings. The molecule has 0 aliphatic carbocycles. The molecular formula is C21H11BrN2. The number of nitriles is 1. The maximum absolute atomic E-state index is 9.48.